The smallest absolute Gasteiger partial charge is 0.176 e. The van der Waals surface area contributed by atoms with Crippen molar-refractivity contribution in [2.75, 3.05) is 6.54 Å². The van der Waals surface area contributed by atoms with E-state index in [1.54, 1.807) is 12.1 Å². The molecule has 0 atom stereocenters. The Bertz CT molecular complexity index is 324. The van der Waals surface area contributed by atoms with Gasteiger partial charge in [0, 0.05) is 10.6 Å². The molecule has 0 bridgehead atoms. The number of carbonyl (C=O) groups is 1. The van der Waals surface area contributed by atoms with Gasteiger partial charge in [0.25, 0.3) is 0 Å². The monoisotopic (exact) mass is 197 g/mol. The van der Waals surface area contributed by atoms with Crippen LogP contribution in [-0.2, 0) is 0 Å². The average molecular weight is 198 g/mol. The number of carbonyl (C=O) groups excluding carboxylic acids is 1. The zero-order valence-corrected chi connectivity index (χ0v) is 8.48. The van der Waals surface area contributed by atoms with Crippen LogP contribution in [0.2, 0.25) is 5.02 Å². The van der Waals surface area contributed by atoms with Gasteiger partial charge in [-0.2, -0.15) is 0 Å². The minimum atomic E-state index is -0.0529. The van der Waals surface area contributed by atoms with Crippen LogP contribution in [0.25, 0.3) is 0 Å². The number of hydrogen-bond acceptors (Lipinski definition) is 2. The lowest BCUT2D eigenvalue weighted by Crippen LogP contribution is -2.13. The van der Waals surface area contributed by atoms with E-state index in [0.717, 1.165) is 11.1 Å². The minimum Gasteiger partial charge on any atom is -0.324 e. The predicted octanol–water partition coefficient (Wildman–Crippen LogP) is 2.10. The van der Waals surface area contributed by atoms with Crippen molar-refractivity contribution in [2.45, 2.75) is 13.8 Å². The molecule has 2 nitrogen and oxygen atoms in total. The van der Waals surface area contributed by atoms with Gasteiger partial charge in [0.1, 0.15) is 0 Å². The topological polar surface area (TPSA) is 43.1 Å². The molecule has 1 rings (SSSR count). The number of rotatable bonds is 2. The van der Waals surface area contributed by atoms with Gasteiger partial charge in [-0.25, -0.2) is 0 Å². The molecule has 0 aliphatic rings. The molecule has 0 aliphatic carbocycles. The maximum Gasteiger partial charge on any atom is 0.176 e. The summed E-state index contributed by atoms with van der Waals surface area (Å²) in [6.45, 7) is 3.80. The summed E-state index contributed by atoms with van der Waals surface area (Å²) in [5.74, 6) is -0.0529. The number of halogens is 1. The van der Waals surface area contributed by atoms with Crippen LogP contribution in [-0.4, -0.2) is 12.3 Å². The van der Waals surface area contributed by atoms with Gasteiger partial charge in [0.05, 0.1) is 6.54 Å². The standard InChI is InChI=1S/C10H12ClNO/c1-6-3-8(9(13)5-12)4-7(2)10(6)11/h3-4H,5,12H2,1-2H3. The molecular weight excluding hydrogens is 186 g/mol. The van der Waals surface area contributed by atoms with Crippen molar-refractivity contribution in [2.24, 2.45) is 5.73 Å². The van der Waals surface area contributed by atoms with Crippen LogP contribution in [0, 0.1) is 13.8 Å². The first-order valence-corrected chi connectivity index (χ1v) is 4.44. The highest BCUT2D eigenvalue weighted by Gasteiger charge is 2.07. The van der Waals surface area contributed by atoms with Gasteiger partial charge in [0.2, 0.25) is 0 Å². The zero-order chi connectivity index (χ0) is 10.0. The quantitative estimate of drug-likeness (QED) is 0.738. The predicted molar refractivity (Wildman–Crippen MR) is 54.3 cm³/mol. The highest BCUT2D eigenvalue weighted by Crippen LogP contribution is 2.21. The first-order chi connectivity index (χ1) is 6.06. The second kappa shape index (κ2) is 3.90. The van der Waals surface area contributed by atoms with Crippen LogP contribution < -0.4 is 5.73 Å². The molecule has 0 amide bonds. The summed E-state index contributed by atoms with van der Waals surface area (Å²) in [5.41, 5.74) is 7.73. The Kier molecular flexibility index (Phi) is 3.07. The van der Waals surface area contributed by atoms with E-state index in [9.17, 15) is 4.79 Å². The third-order valence-electron chi connectivity index (χ3n) is 1.94. The highest BCUT2D eigenvalue weighted by molar-refractivity contribution is 6.32. The molecule has 1 aromatic rings. The van der Waals surface area contributed by atoms with Gasteiger partial charge >= 0.3 is 0 Å². The number of ketones is 1. The lowest BCUT2D eigenvalue weighted by atomic mass is 10.0. The number of nitrogens with two attached hydrogens (primary N) is 1. The molecule has 0 unspecified atom stereocenters. The van der Waals surface area contributed by atoms with Crippen molar-refractivity contribution in [3.63, 3.8) is 0 Å². The van der Waals surface area contributed by atoms with E-state index >= 15 is 0 Å². The van der Waals surface area contributed by atoms with Gasteiger partial charge < -0.3 is 5.73 Å². The van der Waals surface area contributed by atoms with E-state index < -0.39 is 0 Å². The van der Waals surface area contributed by atoms with Gasteiger partial charge in [0.15, 0.2) is 5.78 Å². The minimum absolute atomic E-state index is 0.0422. The summed E-state index contributed by atoms with van der Waals surface area (Å²) in [6, 6.07) is 3.54. The summed E-state index contributed by atoms with van der Waals surface area (Å²) in [4.78, 5) is 11.3. The van der Waals surface area contributed by atoms with Gasteiger partial charge in [-0.1, -0.05) is 11.6 Å². The second-order valence-corrected chi connectivity index (χ2v) is 3.43. The van der Waals surface area contributed by atoms with Crippen molar-refractivity contribution in [1.29, 1.82) is 0 Å². The lowest BCUT2D eigenvalue weighted by molar-refractivity contribution is 0.100. The Morgan fingerprint density at radius 2 is 1.85 bits per heavy atom. The SMILES string of the molecule is Cc1cc(C(=O)CN)cc(C)c1Cl. The Hall–Kier alpha value is -0.860. The third-order valence-corrected chi connectivity index (χ3v) is 2.54. The van der Waals surface area contributed by atoms with Crippen molar-refractivity contribution in [1.82, 2.24) is 0 Å². The molecule has 0 heterocycles. The molecule has 0 spiro atoms. The Morgan fingerprint density at radius 3 is 2.23 bits per heavy atom. The summed E-state index contributed by atoms with van der Waals surface area (Å²) >= 11 is 5.95. The first-order valence-electron chi connectivity index (χ1n) is 4.06. The van der Waals surface area contributed by atoms with Crippen LogP contribution in [0.4, 0.5) is 0 Å². The van der Waals surface area contributed by atoms with E-state index in [0.29, 0.717) is 10.6 Å². The molecule has 0 saturated carbocycles. The van der Waals surface area contributed by atoms with E-state index in [4.69, 9.17) is 17.3 Å². The van der Waals surface area contributed by atoms with Gasteiger partial charge in [-0.3, -0.25) is 4.79 Å². The highest BCUT2D eigenvalue weighted by atomic mass is 35.5. The van der Waals surface area contributed by atoms with Crippen molar-refractivity contribution < 1.29 is 4.79 Å². The number of Topliss-reactive ketones (excluding diaryl/α,β-unsaturated/α-hetero) is 1. The van der Waals surface area contributed by atoms with Crippen molar-refractivity contribution in [3.8, 4) is 0 Å². The fourth-order valence-electron chi connectivity index (χ4n) is 1.22. The molecule has 0 fully saturated rings. The van der Waals surface area contributed by atoms with Crippen LogP contribution in [0.15, 0.2) is 12.1 Å². The lowest BCUT2D eigenvalue weighted by Gasteiger charge is -2.05. The maximum absolute atomic E-state index is 11.3. The third kappa shape index (κ3) is 2.08. The number of aryl methyl sites for hydroxylation is 2. The van der Waals surface area contributed by atoms with Crippen LogP contribution in [0.5, 0.6) is 0 Å². The van der Waals surface area contributed by atoms with Gasteiger partial charge in [-0.05, 0) is 37.1 Å². The number of benzene rings is 1. The summed E-state index contributed by atoms with van der Waals surface area (Å²) < 4.78 is 0. The van der Waals surface area contributed by atoms with Crippen LogP contribution in [0.3, 0.4) is 0 Å². The maximum atomic E-state index is 11.3. The second-order valence-electron chi connectivity index (χ2n) is 3.05. The van der Waals surface area contributed by atoms with E-state index in [1.807, 2.05) is 13.8 Å². The first kappa shape index (κ1) is 10.2. The molecule has 0 aliphatic heterocycles. The molecule has 3 heteroatoms. The molecule has 13 heavy (non-hydrogen) atoms. The summed E-state index contributed by atoms with van der Waals surface area (Å²) in [5, 5.41) is 0.716. The Balaban J connectivity index is 3.20. The van der Waals surface area contributed by atoms with E-state index in [1.165, 1.54) is 0 Å². The molecule has 0 radical (unpaired) electrons. The summed E-state index contributed by atoms with van der Waals surface area (Å²) in [6.07, 6.45) is 0. The summed E-state index contributed by atoms with van der Waals surface area (Å²) in [7, 11) is 0. The largest absolute Gasteiger partial charge is 0.324 e. The molecule has 0 aromatic heterocycles. The molecular formula is C10H12ClNO. The molecule has 2 N–H and O–H groups in total. The normalized spacial score (nSPS) is 10.2. The van der Waals surface area contributed by atoms with E-state index in [-0.39, 0.29) is 12.3 Å². The Morgan fingerprint density at radius 1 is 1.38 bits per heavy atom. The number of hydrogen-bond donors (Lipinski definition) is 1. The fourth-order valence-corrected chi connectivity index (χ4v) is 1.33. The van der Waals surface area contributed by atoms with Crippen LogP contribution >= 0.6 is 11.6 Å². The van der Waals surface area contributed by atoms with Crippen molar-refractivity contribution >= 4 is 17.4 Å². The van der Waals surface area contributed by atoms with E-state index in [2.05, 4.69) is 0 Å². The molecule has 70 valence electrons. The molecule has 1 aromatic carbocycles. The zero-order valence-electron chi connectivity index (χ0n) is 7.73. The Labute approximate surface area is 82.7 Å². The van der Waals surface area contributed by atoms with Gasteiger partial charge in [-0.15, -0.1) is 0 Å². The molecule has 0 saturated heterocycles. The average Bonchev–Trinajstić information content (AvgIpc) is 2.12. The fraction of sp³-hybridized carbons (Fsp3) is 0.300. The van der Waals surface area contributed by atoms with Crippen LogP contribution in [0.1, 0.15) is 21.5 Å². The van der Waals surface area contributed by atoms with Crippen molar-refractivity contribution in [3.05, 3.63) is 33.8 Å².